The quantitative estimate of drug-likeness (QED) is 0.0708. The lowest BCUT2D eigenvalue weighted by atomic mass is 10.1. The molecule has 0 aliphatic heterocycles. The van der Waals surface area contributed by atoms with Gasteiger partial charge < -0.3 is 19.5 Å². The highest BCUT2D eigenvalue weighted by Gasteiger charge is 2.35. The molecular formula is C26H29F3N6O8S. The lowest BCUT2D eigenvalue weighted by molar-refractivity contribution is -0.711. The van der Waals surface area contributed by atoms with Gasteiger partial charge in [-0.2, -0.15) is 18.3 Å². The van der Waals surface area contributed by atoms with Gasteiger partial charge in [-0.1, -0.05) is 36.8 Å². The van der Waals surface area contributed by atoms with Crippen molar-refractivity contribution >= 4 is 22.1 Å². The summed E-state index contributed by atoms with van der Waals surface area (Å²) in [5, 5.41) is 19.9. The Morgan fingerprint density at radius 1 is 1.09 bits per heavy atom. The van der Waals surface area contributed by atoms with Crippen molar-refractivity contribution in [2.45, 2.75) is 38.3 Å². The Bertz CT molecular complexity index is 1580. The van der Waals surface area contributed by atoms with E-state index in [0.29, 0.717) is 5.56 Å². The van der Waals surface area contributed by atoms with Crippen LogP contribution in [0.3, 0.4) is 0 Å². The smallest absolute Gasteiger partial charge is 0.435 e. The van der Waals surface area contributed by atoms with Crippen molar-refractivity contribution < 1.29 is 50.5 Å². The molecule has 0 unspecified atom stereocenters. The van der Waals surface area contributed by atoms with Crippen LogP contribution in [0.5, 0.6) is 0 Å². The summed E-state index contributed by atoms with van der Waals surface area (Å²) in [6.07, 6.45) is -5.95. The number of sulfonamides is 1. The van der Waals surface area contributed by atoms with Crippen molar-refractivity contribution in [2.75, 3.05) is 26.5 Å². The molecule has 44 heavy (non-hydrogen) atoms. The number of nitrogens with one attached hydrogen (secondary N) is 1. The molecule has 0 spiro atoms. The second kappa shape index (κ2) is 14.5. The maximum absolute atomic E-state index is 13.5. The Hall–Kier alpha value is -4.87. The predicted molar refractivity (Wildman–Crippen MR) is 146 cm³/mol. The number of benzene rings is 2. The van der Waals surface area contributed by atoms with E-state index >= 15 is 0 Å². The summed E-state index contributed by atoms with van der Waals surface area (Å²) in [5.41, 5.74) is 0.499. The van der Waals surface area contributed by atoms with Gasteiger partial charge in [0.15, 0.2) is 5.69 Å². The van der Waals surface area contributed by atoms with E-state index in [1.807, 2.05) is 6.92 Å². The van der Waals surface area contributed by atoms with Crippen LogP contribution >= 0.6 is 0 Å². The highest BCUT2D eigenvalue weighted by Crippen LogP contribution is 2.33. The number of rotatable bonds is 13. The summed E-state index contributed by atoms with van der Waals surface area (Å²) in [7, 11) is -4.44. The van der Waals surface area contributed by atoms with Crippen LogP contribution in [-0.4, -0.2) is 66.7 Å². The molecule has 1 N–H and O–H groups in total. The summed E-state index contributed by atoms with van der Waals surface area (Å²) in [5.74, 6) is -0.556. The first-order valence-electron chi connectivity index (χ1n) is 13.0. The van der Waals surface area contributed by atoms with E-state index < -0.39 is 47.4 Å². The minimum atomic E-state index is -4.72. The van der Waals surface area contributed by atoms with E-state index in [2.05, 4.69) is 20.0 Å². The number of ether oxygens (including phenoxy) is 2. The maximum Gasteiger partial charge on any atom is 0.435 e. The van der Waals surface area contributed by atoms with Gasteiger partial charge in [0.2, 0.25) is 5.28 Å². The van der Waals surface area contributed by atoms with Crippen molar-refractivity contribution in [3.8, 4) is 16.9 Å². The number of hydrogen-bond acceptors (Lipinski definition) is 10. The number of carbonyl (C=O) groups is 2. The molecule has 0 saturated carbocycles. The number of alkyl halides is 3. The molecule has 2 aromatic carbocycles. The van der Waals surface area contributed by atoms with Crippen molar-refractivity contribution in [3.05, 3.63) is 71.1 Å². The summed E-state index contributed by atoms with van der Waals surface area (Å²) in [6.45, 7) is 3.89. The van der Waals surface area contributed by atoms with E-state index in [0.717, 1.165) is 33.5 Å². The number of carbonyl (C=O) groups excluding carboxylic acids is 2. The van der Waals surface area contributed by atoms with Gasteiger partial charge in [-0.15, -0.1) is 5.01 Å². The number of nitrogens with zero attached hydrogens (tertiary/aromatic N) is 5. The summed E-state index contributed by atoms with van der Waals surface area (Å²) < 4.78 is 78.0. The molecule has 0 atom stereocenters. The fraction of sp³-hybridized carbons (Fsp3) is 0.346. The predicted octanol–water partition coefficient (Wildman–Crippen LogP) is 4.32. The molecule has 0 radical (unpaired) electrons. The Morgan fingerprint density at radius 3 is 2.34 bits per heavy atom. The van der Waals surface area contributed by atoms with Crippen LogP contribution < -0.4 is 4.72 Å². The SMILES string of the molecule is CCC(=O)OCO/N=[N+](\[O-])N(CC)CCOC(=O)NS(=O)(=O)c1ccc(-n2nc(C(F)(F)F)cc2-c2ccc(C)cc2)cc1. The Labute approximate surface area is 250 Å². The van der Waals surface area contributed by atoms with Gasteiger partial charge in [0.1, 0.15) is 13.2 Å². The molecule has 18 heteroatoms. The zero-order valence-corrected chi connectivity index (χ0v) is 24.6. The Morgan fingerprint density at radius 2 is 1.75 bits per heavy atom. The minimum Gasteiger partial charge on any atom is -0.569 e. The molecule has 0 fully saturated rings. The van der Waals surface area contributed by atoms with Gasteiger partial charge in [0, 0.05) is 12.0 Å². The van der Waals surface area contributed by atoms with Crippen molar-refractivity contribution in [3.63, 3.8) is 0 Å². The van der Waals surface area contributed by atoms with E-state index in [1.165, 1.54) is 12.1 Å². The molecule has 1 heterocycles. The molecule has 0 saturated heterocycles. The first kappa shape index (κ1) is 33.6. The lowest BCUT2D eigenvalue weighted by Gasteiger charge is -2.16. The lowest BCUT2D eigenvalue weighted by Crippen LogP contribution is -2.36. The van der Waals surface area contributed by atoms with E-state index in [1.54, 1.807) is 42.8 Å². The van der Waals surface area contributed by atoms with Gasteiger partial charge in [0.25, 0.3) is 16.8 Å². The fourth-order valence-electron chi connectivity index (χ4n) is 3.54. The highest BCUT2D eigenvalue weighted by atomic mass is 32.2. The fourth-order valence-corrected chi connectivity index (χ4v) is 4.43. The largest absolute Gasteiger partial charge is 0.569 e. The zero-order chi connectivity index (χ0) is 32.5. The monoisotopic (exact) mass is 642 g/mol. The number of hydrogen-bond donors (Lipinski definition) is 1. The van der Waals surface area contributed by atoms with Gasteiger partial charge in [-0.3, -0.25) is 4.79 Å². The Balaban J connectivity index is 1.64. The number of halogens is 3. The van der Waals surface area contributed by atoms with Crippen molar-refractivity contribution in [1.82, 2.24) is 19.5 Å². The molecule has 14 nitrogen and oxygen atoms in total. The number of aromatic nitrogens is 2. The van der Waals surface area contributed by atoms with Gasteiger partial charge in [0.05, 0.1) is 27.8 Å². The molecule has 0 aliphatic carbocycles. The van der Waals surface area contributed by atoms with Crippen LogP contribution in [0.1, 0.15) is 31.5 Å². The third kappa shape index (κ3) is 9.06. The molecule has 3 aromatic rings. The number of aryl methyl sites for hydroxylation is 1. The Kier molecular flexibility index (Phi) is 11.1. The maximum atomic E-state index is 13.5. The molecule has 0 bridgehead atoms. The average Bonchev–Trinajstić information content (AvgIpc) is 3.44. The first-order chi connectivity index (χ1) is 20.7. The molecule has 3 rings (SSSR count). The molecule has 1 aromatic heterocycles. The molecule has 0 aliphatic rings. The third-order valence-corrected chi connectivity index (χ3v) is 7.16. The molecule has 1 amide bonds. The molecular weight excluding hydrogens is 613 g/mol. The number of likely N-dealkylation sites (N-methyl/N-ethyl adjacent to an activating group) is 1. The third-order valence-electron chi connectivity index (χ3n) is 5.83. The zero-order valence-electron chi connectivity index (χ0n) is 23.8. The van der Waals surface area contributed by atoms with E-state index in [9.17, 15) is 36.4 Å². The second-order valence-corrected chi connectivity index (χ2v) is 10.6. The van der Waals surface area contributed by atoms with Crippen LogP contribution in [0.2, 0.25) is 0 Å². The summed E-state index contributed by atoms with van der Waals surface area (Å²) in [6, 6.07) is 12.3. The van der Waals surface area contributed by atoms with Crippen LogP contribution in [-0.2, 0) is 35.3 Å². The molecule has 238 valence electrons. The number of esters is 1. The normalized spacial score (nSPS) is 12.0. The number of hydrazine groups is 1. The van der Waals surface area contributed by atoms with Crippen molar-refractivity contribution in [1.29, 1.82) is 0 Å². The van der Waals surface area contributed by atoms with Crippen LogP contribution in [0.15, 0.2) is 64.8 Å². The highest BCUT2D eigenvalue weighted by molar-refractivity contribution is 7.90. The summed E-state index contributed by atoms with van der Waals surface area (Å²) >= 11 is 0. The van der Waals surface area contributed by atoms with Crippen molar-refractivity contribution in [2.24, 2.45) is 5.28 Å². The second-order valence-electron chi connectivity index (χ2n) is 8.92. The van der Waals surface area contributed by atoms with Gasteiger partial charge in [-0.25, -0.2) is 22.6 Å². The van der Waals surface area contributed by atoms with Crippen LogP contribution in [0.25, 0.3) is 16.9 Å². The van der Waals surface area contributed by atoms with Crippen LogP contribution in [0, 0.1) is 12.1 Å². The average molecular weight is 643 g/mol. The van der Waals surface area contributed by atoms with Gasteiger partial charge >= 0.3 is 18.2 Å². The first-order valence-corrected chi connectivity index (χ1v) is 14.5. The van der Waals surface area contributed by atoms with E-state index in [-0.39, 0.29) is 40.8 Å². The van der Waals surface area contributed by atoms with Crippen LogP contribution in [0.4, 0.5) is 18.0 Å². The summed E-state index contributed by atoms with van der Waals surface area (Å²) in [4.78, 5) is 27.4. The van der Waals surface area contributed by atoms with E-state index in [4.69, 9.17) is 4.74 Å². The number of amides is 1. The van der Waals surface area contributed by atoms with Gasteiger partial charge in [-0.05, 0) is 44.2 Å². The topological polar surface area (TPSA) is 167 Å². The standard InChI is InChI=1S/C26H29F3N6O8S/c1-4-24(36)42-17-43-32-35(38)33(5-2)14-15-41-25(37)31-44(39,40)21-12-10-20(11-13-21)34-22(16-23(30-34)26(27,28)29)19-8-6-18(3)7-9-19/h6-13,16H,4-5,14-15,17H2,1-3H3,(H,31,37)/b35-32-. The minimum absolute atomic E-state index is 0.0425.